The van der Waals surface area contributed by atoms with Gasteiger partial charge in [-0.25, -0.2) is 13.1 Å². The minimum atomic E-state index is -5.14. The zero-order chi connectivity index (χ0) is 41.3. The highest BCUT2D eigenvalue weighted by Crippen LogP contribution is 2.46. The Labute approximate surface area is 321 Å². The van der Waals surface area contributed by atoms with Crippen LogP contribution in [0.1, 0.15) is 18.9 Å². The maximum absolute atomic E-state index is 12.7. The van der Waals surface area contributed by atoms with Gasteiger partial charge in [-0.3, -0.25) is 13.9 Å². The fourth-order valence-corrected chi connectivity index (χ4v) is 7.23. The predicted octanol–water partition coefficient (Wildman–Crippen LogP) is 4.84. The number of carbonyl (C=O) groups excluding carboxylic acids is 1. The van der Waals surface area contributed by atoms with Gasteiger partial charge < -0.3 is 29.7 Å². The lowest BCUT2D eigenvalue weighted by Gasteiger charge is -2.14. The summed E-state index contributed by atoms with van der Waals surface area (Å²) >= 11 is 0. The Kier molecular flexibility index (Phi) is 14.7. The number of nitrogens with one attached hydrogen (secondary N) is 2. The maximum atomic E-state index is 12.7. The second-order valence-corrected chi connectivity index (χ2v) is 16.3. The summed E-state index contributed by atoms with van der Waals surface area (Å²) in [6.45, 7) is 3.90. The van der Waals surface area contributed by atoms with Gasteiger partial charge in [0.1, 0.15) is 22.0 Å². The lowest BCUT2D eigenvalue weighted by molar-refractivity contribution is -0.114. The maximum Gasteiger partial charge on any atom is 0.296 e. The first kappa shape index (κ1) is 43.7. The summed E-state index contributed by atoms with van der Waals surface area (Å²) in [4.78, 5) is 10.2. The molecule has 0 heterocycles. The number of phenols is 1. The first-order chi connectivity index (χ1) is 26.3. The molecule has 0 atom stereocenters. The molecule has 0 aliphatic rings. The SMILES string of the molecule is COc1cc(/N=N/c2c(S(=O)(=O)O)cc3cc(S(=O)(=O)O)cc(NC(C)=O)c3c2O)c(C)cc1/N=N/c1ccc(S(=O)(=O)NCCCOCCOCCO)cc1. The lowest BCUT2D eigenvalue weighted by atomic mass is 10.1. The van der Waals surface area contributed by atoms with Gasteiger partial charge in [0.05, 0.1) is 60.4 Å². The van der Waals surface area contributed by atoms with E-state index in [0.29, 0.717) is 37.5 Å². The molecule has 0 aliphatic heterocycles. The monoisotopic (exact) mass is 838 g/mol. The molecule has 0 spiro atoms. The quantitative estimate of drug-likeness (QED) is 0.0418. The first-order valence-corrected chi connectivity index (χ1v) is 20.7. The van der Waals surface area contributed by atoms with Gasteiger partial charge in [0, 0.05) is 31.5 Å². The Balaban J connectivity index is 1.57. The Bertz CT molecular complexity index is 2480. The van der Waals surface area contributed by atoms with Crippen LogP contribution in [-0.4, -0.2) is 97.2 Å². The van der Waals surface area contributed by atoms with Gasteiger partial charge in [0.2, 0.25) is 15.9 Å². The molecule has 6 N–H and O–H groups in total. The van der Waals surface area contributed by atoms with Crippen molar-refractivity contribution in [3.63, 3.8) is 0 Å². The van der Waals surface area contributed by atoms with E-state index in [1.165, 1.54) is 43.5 Å². The van der Waals surface area contributed by atoms with E-state index >= 15 is 0 Å². The highest BCUT2D eigenvalue weighted by Gasteiger charge is 2.26. The number of fused-ring (bicyclic) bond motifs is 1. The number of nitrogens with zero attached hydrogens (tertiary/aromatic N) is 4. The van der Waals surface area contributed by atoms with E-state index in [-0.39, 0.29) is 58.2 Å². The third-order valence-corrected chi connectivity index (χ3v) is 10.7. The molecule has 1 amide bonds. The first-order valence-electron chi connectivity index (χ1n) is 16.3. The lowest BCUT2D eigenvalue weighted by Crippen LogP contribution is -2.25. The Hall–Kier alpha value is -4.98. The molecule has 4 aromatic carbocycles. The predicted molar refractivity (Wildman–Crippen MR) is 201 cm³/mol. The summed E-state index contributed by atoms with van der Waals surface area (Å²) in [6.07, 6.45) is 0.425. The molecule has 23 heteroatoms. The number of methoxy groups -OCH3 is 1. The third kappa shape index (κ3) is 11.5. The highest BCUT2D eigenvalue weighted by molar-refractivity contribution is 7.89. The molecule has 20 nitrogen and oxygen atoms in total. The fourth-order valence-electron chi connectivity index (χ4n) is 4.96. The molecule has 0 radical (unpaired) electrons. The zero-order valence-corrected chi connectivity index (χ0v) is 32.5. The summed E-state index contributed by atoms with van der Waals surface area (Å²) < 4.78 is 112. The summed E-state index contributed by atoms with van der Waals surface area (Å²) in [5.41, 5.74) is -0.0790. The smallest absolute Gasteiger partial charge is 0.296 e. The van der Waals surface area contributed by atoms with Crippen LogP contribution in [0.15, 0.2) is 89.7 Å². The summed E-state index contributed by atoms with van der Waals surface area (Å²) in [6, 6.07) is 10.9. The van der Waals surface area contributed by atoms with Crippen LogP contribution in [-0.2, 0) is 44.5 Å². The standard InChI is InChI=1S/C33H38N6O14S3/c1-20-15-27(38-36-23-5-7-24(8-6-23)54(43,44)34-9-4-11-52-13-14-53-12-10-40)29(51-3)19-26(20)37-39-32-30(56(48,49)50)17-22-16-25(55(45,46)47)18-28(35-21(2)41)31(22)33(32)42/h5-8,15-19,34,40,42H,4,9-14H2,1-3H3,(H,35,41)(H,45,46,47)(H,48,49,50)/b38-36+,39-37+. The average molecular weight is 839 g/mol. The van der Waals surface area contributed by atoms with Crippen molar-refractivity contribution in [2.75, 3.05) is 52.0 Å². The van der Waals surface area contributed by atoms with E-state index in [1.54, 1.807) is 6.92 Å². The Morgan fingerprint density at radius 2 is 1.45 bits per heavy atom. The van der Waals surface area contributed by atoms with Gasteiger partial charge >= 0.3 is 0 Å². The van der Waals surface area contributed by atoms with Crippen molar-refractivity contribution in [3.8, 4) is 11.5 Å². The summed E-state index contributed by atoms with van der Waals surface area (Å²) in [5.74, 6) is -1.48. The Morgan fingerprint density at radius 3 is 2.05 bits per heavy atom. The van der Waals surface area contributed by atoms with Crippen molar-refractivity contribution in [1.82, 2.24) is 4.72 Å². The number of benzene rings is 4. The number of aliphatic hydroxyl groups is 1. The number of sulfonamides is 1. The largest absolute Gasteiger partial charge is 0.505 e. The molecule has 0 saturated carbocycles. The van der Waals surface area contributed by atoms with Crippen LogP contribution >= 0.6 is 0 Å². The number of ether oxygens (including phenoxy) is 3. The van der Waals surface area contributed by atoms with Gasteiger partial charge in [-0.2, -0.15) is 21.9 Å². The minimum absolute atomic E-state index is 0.00158. The minimum Gasteiger partial charge on any atom is -0.505 e. The number of rotatable bonds is 19. The molecule has 302 valence electrons. The van der Waals surface area contributed by atoms with Gasteiger partial charge in [-0.1, -0.05) is 0 Å². The van der Waals surface area contributed by atoms with E-state index in [4.69, 9.17) is 19.3 Å². The number of anilines is 1. The average Bonchev–Trinajstić information content (AvgIpc) is 3.12. The number of aryl methyl sites for hydroxylation is 1. The van der Waals surface area contributed by atoms with Gasteiger partial charge in [-0.05, 0) is 72.8 Å². The number of phenolic OH excluding ortho intramolecular Hbond substituents is 1. The van der Waals surface area contributed by atoms with Crippen molar-refractivity contribution in [2.24, 2.45) is 20.5 Å². The van der Waals surface area contributed by atoms with E-state index in [2.05, 4.69) is 30.5 Å². The summed E-state index contributed by atoms with van der Waals surface area (Å²) in [7, 11) is -12.5. The van der Waals surface area contributed by atoms with Crippen LogP contribution in [0.4, 0.5) is 28.4 Å². The number of carbonyl (C=O) groups is 1. The topological polar surface area (TPSA) is 302 Å². The second-order valence-electron chi connectivity index (χ2n) is 11.7. The Morgan fingerprint density at radius 1 is 0.786 bits per heavy atom. The van der Waals surface area contributed by atoms with E-state index in [0.717, 1.165) is 25.1 Å². The van der Waals surface area contributed by atoms with Crippen molar-refractivity contribution in [1.29, 1.82) is 0 Å². The number of aliphatic hydroxyl groups excluding tert-OH is 1. The molecule has 0 fully saturated rings. The second kappa shape index (κ2) is 18.8. The van der Waals surface area contributed by atoms with Crippen LogP contribution < -0.4 is 14.8 Å². The van der Waals surface area contributed by atoms with Crippen LogP contribution in [0, 0.1) is 6.92 Å². The molecular formula is C33H38N6O14S3. The highest BCUT2D eigenvalue weighted by atomic mass is 32.2. The molecule has 0 aliphatic carbocycles. The third-order valence-electron chi connectivity index (χ3n) is 7.55. The van der Waals surface area contributed by atoms with Crippen molar-refractivity contribution >= 4 is 75.4 Å². The van der Waals surface area contributed by atoms with E-state index in [1.807, 2.05) is 0 Å². The van der Waals surface area contributed by atoms with Crippen LogP contribution in [0.25, 0.3) is 10.8 Å². The van der Waals surface area contributed by atoms with Gasteiger partial charge in [-0.15, -0.1) is 15.3 Å². The molecule has 0 unspecified atom stereocenters. The summed E-state index contributed by atoms with van der Waals surface area (Å²) in [5, 5.41) is 37.9. The zero-order valence-electron chi connectivity index (χ0n) is 30.0. The van der Waals surface area contributed by atoms with Crippen molar-refractivity contribution in [3.05, 3.63) is 60.2 Å². The van der Waals surface area contributed by atoms with E-state index < -0.39 is 57.4 Å². The normalized spacial score (nSPS) is 12.5. The molecule has 56 heavy (non-hydrogen) atoms. The van der Waals surface area contributed by atoms with Crippen LogP contribution in [0.2, 0.25) is 0 Å². The van der Waals surface area contributed by atoms with Gasteiger partial charge in [0.25, 0.3) is 20.2 Å². The molecule has 4 aromatic rings. The van der Waals surface area contributed by atoms with Crippen molar-refractivity contribution in [2.45, 2.75) is 35.0 Å². The number of hydrogen-bond donors (Lipinski definition) is 6. The van der Waals surface area contributed by atoms with E-state index in [9.17, 15) is 44.3 Å². The molecule has 4 rings (SSSR count). The molecule has 0 saturated heterocycles. The van der Waals surface area contributed by atoms with Crippen LogP contribution in [0.3, 0.4) is 0 Å². The van der Waals surface area contributed by atoms with Crippen LogP contribution in [0.5, 0.6) is 11.5 Å². The molecule has 0 aromatic heterocycles. The van der Waals surface area contributed by atoms with Crippen molar-refractivity contribution < 1.29 is 63.6 Å². The van der Waals surface area contributed by atoms with Gasteiger partial charge in [0.15, 0.2) is 5.75 Å². The molecular weight excluding hydrogens is 801 g/mol. The number of azo groups is 2. The number of amides is 1. The number of aromatic hydroxyl groups is 1. The fraction of sp³-hybridized carbons (Fsp3) is 0.303. The number of hydrogen-bond acceptors (Lipinski definition) is 16. The molecule has 0 bridgehead atoms.